The maximum atomic E-state index is 13.1. The molecule has 1 aromatic carbocycles. The van der Waals surface area contributed by atoms with E-state index in [4.69, 9.17) is 4.42 Å². The van der Waals surface area contributed by atoms with Crippen molar-refractivity contribution in [1.82, 2.24) is 14.9 Å². The standard InChI is InChI=1S/C21H23N3O3/c1-12-18(14(3)25)13(2)22-19(12)21(26)24-10-6-7-15(11-24)20-23-16-8-4-5-9-17(16)27-20/h4-5,8-9,15,22H,6-7,10-11H2,1-3H3/t15-/m1/s1. The van der Waals surface area contributed by atoms with Crippen molar-refractivity contribution in [1.29, 1.82) is 0 Å². The predicted octanol–water partition coefficient (Wildman–Crippen LogP) is 4.00. The number of hydrogen-bond donors (Lipinski definition) is 1. The Bertz CT molecular complexity index is 998. The number of aromatic nitrogens is 2. The van der Waals surface area contributed by atoms with Crippen molar-refractivity contribution in [2.75, 3.05) is 13.1 Å². The van der Waals surface area contributed by atoms with Gasteiger partial charge in [-0.05, 0) is 51.3 Å². The van der Waals surface area contributed by atoms with Crippen LogP contribution in [0.2, 0.25) is 0 Å². The molecule has 6 heteroatoms. The summed E-state index contributed by atoms with van der Waals surface area (Å²) < 4.78 is 5.92. The van der Waals surface area contributed by atoms with Crippen LogP contribution in [0, 0.1) is 13.8 Å². The summed E-state index contributed by atoms with van der Waals surface area (Å²) in [5, 5.41) is 0. The van der Waals surface area contributed by atoms with E-state index >= 15 is 0 Å². The van der Waals surface area contributed by atoms with Gasteiger partial charge in [-0.3, -0.25) is 9.59 Å². The van der Waals surface area contributed by atoms with Crippen molar-refractivity contribution >= 4 is 22.8 Å². The number of fused-ring (bicyclic) bond motifs is 1. The van der Waals surface area contributed by atoms with Crippen LogP contribution in [0.15, 0.2) is 28.7 Å². The largest absolute Gasteiger partial charge is 0.440 e. The summed E-state index contributed by atoms with van der Waals surface area (Å²) in [6.45, 7) is 6.45. The van der Waals surface area contributed by atoms with Crippen LogP contribution in [0.3, 0.4) is 0 Å². The van der Waals surface area contributed by atoms with E-state index in [0.717, 1.165) is 35.2 Å². The number of para-hydroxylation sites is 2. The molecular weight excluding hydrogens is 342 g/mol. The zero-order valence-corrected chi connectivity index (χ0v) is 15.8. The average Bonchev–Trinajstić information content (AvgIpc) is 3.22. The number of nitrogens with zero attached hydrogens (tertiary/aromatic N) is 2. The van der Waals surface area contributed by atoms with Crippen molar-refractivity contribution in [2.24, 2.45) is 0 Å². The molecule has 0 saturated carbocycles. The molecule has 2 aromatic heterocycles. The summed E-state index contributed by atoms with van der Waals surface area (Å²) in [7, 11) is 0. The third-order valence-electron chi connectivity index (χ3n) is 5.37. The quantitative estimate of drug-likeness (QED) is 0.712. The highest BCUT2D eigenvalue weighted by atomic mass is 16.3. The molecule has 0 bridgehead atoms. The van der Waals surface area contributed by atoms with Crippen molar-refractivity contribution in [3.8, 4) is 0 Å². The number of carbonyl (C=O) groups is 2. The molecule has 3 heterocycles. The lowest BCUT2D eigenvalue weighted by molar-refractivity contribution is 0.0692. The molecule has 1 aliphatic rings. The fraction of sp³-hybridized carbons (Fsp3) is 0.381. The van der Waals surface area contributed by atoms with Crippen LogP contribution in [0.5, 0.6) is 0 Å². The molecule has 6 nitrogen and oxygen atoms in total. The molecule has 1 atom stereocenters. The van der Waals surface area contributed by atoms with Crippen molar-refractivity contribution in [2.45, 2.75) is 39.5 Å². The molecule has 1 fully saturated rings. The van der Waals surface area contributed by atoms with Gasteiger partial charge in [0, 0.05) is 24.3 Å². The Morgan fingerprint density at radius 1 is 1.26 bits per heavy atom. The fourth-order valence-electron chi connectivity index (χ4n) is 4.08. The Morgan fingerprint density at radius 3 is 2.74 bits per heavy atom. The second-order valence-corrected chi connectivity index (χ2v) is 7.29. The number of nitrogens with one attached hydrogen (secondary N) is 1. The van der Waals surface area contributed by atoms with E-state index in [1.54, 1.807) is 0 Å². The predicted molar refractivity (Wildman–Crippen MR) is 102 cm³/mol. The third kappa shape index (κ3) is 3.05. The van der Waals surface area contributed by atoms with E-state index in [9.17, 15) is 9.59 Å². The third-order valence-corrected chi connectivity index (χ3v) is 5.37. The lowest BCUT2D eigenvalue weighted by atomic mass is 9.97. The summed E-state index contributed by atoms with van der Waals surface area (Å²) in [5.74, 6) is 0.684. The number of benzene rings is 1. The van der Waals surface area contributed by atoms with Crippen LogP contribution in [-0.4, -0.2) is 39.6 Å². The monoisotopic (exact) mass is 365 g/mol. The Kier molecular flexibility index (Phi) is 4.34. The number of Topliss-reactive ketones (excluding diaryl/α,β-unsaturated/α-hetero) is 1. The van der Waals surface area contributed by atoms with E-state index in [1.165, 1.54) is 6.92 Å². The molecule has 1 N–H and O–H groups in total. The minimum absolute atomic E-state index is 0.0247. The van der Waals surface area contributed by atoms with Gasteiger partial charge < -0.3 is 14.3 Å². The molecule has 1 saturated heterocycles. The van der Waals surface area contributed by atoms with Crippen molar-refractivity contribution < 1.29 is 14.0 Å². The van der Waals surface area contributed by atoms with Crippen molar-refractivity contribution in [3.63, 3.8) is 0 Å². The summed E-state index contributed by atoms with van der Waals surface area (Å²) in [4.78, 5) is 34.5. The number of likely N-dealkylation sites (tertiary alicyclic amines) is 1. The van der Waals surface area contributed by atoms with Gasteiger partial charge in [-0.15, -0.1) is 0 Å². The number of aromatic amines is 1. The molecule has 1 aliphatic heterocycles. The first-order chi connectivity index (χ1) is 13.0. The minimum atomic E-state index is -0.0658. The SMILES string of the molecule is CC(=O)c1c(C)[nH]c(C(=O)N2CCC[C@@H](c3nc4ccccc4o3)C2)c1C. The number of amides is 1. The summed E-state index contributed by atoms with van der Waals surface area (Å²) in [6.07, 6.45) is 1.84. The van der Waals surface area contributed by atoms with Gasteiger partial charge in [-0.2, -0.15) is 0 Å². The molecule has 0 radical (unpaired) electrons. The maximum absolute atomic E-state index is 13.1. The highest BCUT2D eigenvalue weighted by Crippen LogP contribution is 2.30. The second kappa shape index (κ2) is 6.68. The highest BCUT2D eigenvalue weighted by molar-refractivity contribution is 6.02. The molecule has 3 aromatic rings. The average molecular weight is 365 g/mol. The molecular formula is C21H23N3O3. The van der Waals surface area contributed by atoms with Crippen LogP contribution in [0.1, 0.15) is 63.7 Å². The van der Waals surface area contributed by atoms with Gasteiger partial charge in [0.05, 0.1) is 5.92 Å². The number of H-pyrrole nitrogens is 1. The molecule has 140 valence electrons. The molecule has 4 rings (SSSR count). The van der Waals surface area contributed by atoms with Crippen LogP contribution in [-0.2, 0) is 0 Å². The van der Waals surface area contributed by atoms with E-state index < -0.39 is 0 Å². The number of hydrogen-bond acceptors (Lipinski definition) is 4. The summed E-state index contributed by atoms with van der Waals surface area (Å²) >= 11 is 0. The Morgan fingerprint density at radius 2 is 2.04 bits per heavy atom. The molecule has 0 unspecified atom stereocenters. The van der Waals surface area contributed by atoms with E-state index in [1.807, 2.05) is 43.0 Å². The van der Waals surface area contributed by atoms with E-state index in [0.29, 0.717) is 30.2 Å². The number of oxazole rings is 1. The van der Waals surface area contributed by atoms with Gasteiger partial charge in [0.25, 0.3) is 5.91 Å². The van der Waals surface area contributed by atoms with Crippen LogP contribution < -0.4 is 0 Å². The Balaban J connectivity index is 1.58. The molecule has 27 heavy (non-hydrogen) atoms. The van der Waals surface area contributed by atoms with Crippen LogP contribution >= 0.6 is 0 Å². The molecule has 0 aliphatic carbocycles. The fourth-order valence-corrected chi connectivity index (χ4v) is 4.08. The number of carbonyl (C=O) groups excluding carboxylic acids is 2. The first kappa shape index (κ1) is 17.5. The zero-order chi connectivity index (χ0) is 19.1. The first-order valence-corrected chi connectivity index (χ1v) is 9.30. The minimum Gasteiger partial charge on any atom is -0.440 e. The second-order valence-electron chi connectivity index (χ2n) is 7.29. The van der Waals surface area contributed by atoms with Crippen LogP contribution in [0.25, 0.3) is 11.1 Å². The van der Waals surface area contributed by atoms with Gasteiger partial charge in [-0.25, -0.2) is 4.98 Å². The zero-order valence-electron chi connectivity index (χ0n) is 15.8. The summed E-state index contributed by atoms with van der Waals surface area (Å²) in [6, 6.07) is 7.71. The topological polar surface area (TPSA) is 79.2 Å². The van der Waals surface area contributed by atoms with E-state index in [2.05, 4.69) is 9.97 Å². The smallest absolute Gasteiger partial charge is 0.270 e. The lowest BCUT2D eigenvalue weighted by Crippen LogP contribution is -2.39. The maximum Gasteiger partial charge on any atom is 0.270 e. The van der Waals surface area contributed by atoms with Gasteiger partial charge in [0.15, 0.2) is 17.3 Å². The normalized spacial score (nSPS) is 17.4. The number of aryl methyl sites for hydroxylation is 1. The number of rotatable bonds is 3. The molecule has 0 spiro atoms. The highest BCUT2D eigenvalue weighted by Gasteiger charge is 2.31. The Hall–Kier alpha value is -2.89. The van der Waals surface area contributed by atoms with Crippen molar-refractivity contribution in [3.05, 3.63) is 52.7 Å². The van der Waals surface area contributed by atoms with Gasteiger partial charge in [0.2, 0.25) is 0 Å². The van der Waals surface area contributed by atoms with Gasteiger partial charge in [0.1, 0.15) is 11.2 Å². The van der Waals surface area contributed by atoms with E-state index in [-0.39, 0.29) is 17.6 Å². The lowest BCUT2D eigenvalue weighted by Gasteiger charge is -2.31. The Labute approximate surface area is 157 Å². The van der Waals surface area contributed by atoms with Gasteiger partial charge >= 0.3 is 0 Å². The first-order valence-electron chi connectivity index (χ1n) is 9.30. The number of piperidine rings is 1. The van der Waals surface area contributed by atoms with Crippen LogP contribution in [0.4, 0.5) is 0 Å². The molecule has 1 amide bonds. The van der Waals surface area contributed by atoms with Gasteiger partial charge in [-0.1, -0.05) is 12.1 Å². The summed E-state index contributed by atoms with van der Waals surface area (Å²) in [5.41, 5.74) is 4.22. The number of ketones is 1.